The quantitative estimate of drug-likeness (QED) is 0.786. The fourth-order valence-electron chi connectivity index (χ4n) is 3.46. The molecule has 2 unspecified atom stereocenters. The summed E-state index contributed by atoms with van der Waals surface area (Å²) in [4.78, 5) is 16.7. The zero-order valence-electron chi connectivity index (χ0n) is 14.2. The molecule has 3 N–H and O–H groups in total. The zero-order valence-corrected chi connectivity index (χ0v) is 14.2. The van der Waals surface area contributed by atoms with E-state index in [-0.39, 0.29) is 12.1 Å². The number of carbonyl (C=O) groups is 1. The third-order valence-electron chi connectivity index (χ3n) is 4.73. The first-order chi connectivity index (χ1) is 11.7. The molecule has 2 aromatic rings. The second-order valence-corrected chi connectivity index (χ2v) is 6.37. The van der Waals surface area contributed by atoms with Gasteiger partial charge in [0.15, 0.2) is 0 Å². The lowest BCUT2D eigenvalue weighted by Crippen LogP contribution is -2.49. The molecule has 1 aliphatic rings. The monoisotopic (exact) mass is 330 g/mol. The van der Waals surface area contributed by atoms with Gasteiger partial charge in [-0.2, -0.15) is 0 Å². The van der Waals surface area contributed by atoms with Crippen molar-refractivity contribution >= 4 is 17.1 Å². The molecule has 1 fully saturated rings. The number of urea groups is 1. The molecule has 0 spiro atoms. The molecule has 6 nitrogen and oxygen atoms in total. The summed E-state index contributed by atoms with van der Waals surface area (Å²) in [6.45, 7) is 3.48. The smallest absolute Gasteiger partial charge is 0.315 e. The van der Waals surface area contributed by atoms with Crippen LogP contribution < -0.4 is 10.6 Å². The molecule has 0 aliphatic heterocycles. The Balaban J connectivity index is 1.53. The summed E-state index contributed by atoms with van der Waals surface area (Å²) in [6, 6.07) is 7.75. The van der Waals surface area contributed by atoms with Gasteiger partial charge in [0, 0.05) is 19.5 Å². The molecule has 24 heavy (non-hydrogen) atoms. The first-order valence-corrected chi connectivity index (χ1v) is 8.85. The number of amides is 2. The molecule has 1 saturated carbocycles. The third-order valence-corrected chi connectivity index (χ3v) is 4.73. The predicted octanol–water partition coefficient (Wildman–Crippen LogP) is 2.20. The van der Waals surface area contributed by atoms with Gasteiger partial charge in [0.1, 0.15) is 5.82 Å². The summed E-state index contributed by atoms with van der Waals surface area (Å²) in [5.41, 5.74) is 2.12. The van der Waals surface area contributed by atoms with Gasteiger partial charge in [0.05, 0.1) is 23.2 Å². The van der Waals surface area contributed by atoms with Gasteiger partial charge in [-0.3, -0.25) is 0 Å². The number of fused-ring (bicyclic) bond motifs is 1. The maximum atomic E-state index is 12.0. The van der Waals surface area contributed by atoms with Crippen LogP contribution in [0.15, 0.2) is 24.3 Å². The van der Waals surface area contributed by atoms with E-state index in [9.17, 15) is 9.90 Å². The molecular formula is C18H26N4O2. The number of aliphatic hydroxyl groups is 1. The SMILES string of the molecule is CCn1c(CCNC(=O)NC2CCCCC2O)nc2ccccc21. The molecule has 1 heterocycles. The molecule has 1 aromatic heterocycles. The van der Waals surface area contributed by atoms with Gasteiger partial charge in [-0.15, -0.1) is 0 Å². The first-order valence-electron chi connectivity index (χ1n) is 8.85. The molecule has 0 bridgehead atoms. The van der Waals surface area contributed by atoms with Gasteiger partial charge in [0.2, 0.25) is 0 Å². The minimum atomic E-state index is -0.422. The minimum absolute atomic E-state index is 0.126. The maximum absolute atomic E-state index is 12.0. The van der Waals surface area contributed by atoms with Gasteiger partial charge in [-0.25, -0.2) is 9.78 Å². The summed E-state index contributed by atoms with van der Waals surface area (Å²) < 4.78 is 2.18. The van der Waals surface area contributed by atoms with Crippen LogP contribution in [-0.2, 0) is 13.0 Å². The van der Waals surface area contributed by atoms with Crippen molar-refractivity contribution in [3.63, 3.8) is 0 Å². The number of benzene rings is 1. The lowest BCUT2D eigenvalue weighted by atomic mass is 9.93. The molecule has 1 aliphatic carbocycles. The maximum Gasteiger partial charge on any atom is 0.315 e. The van der Waals surface area contributed by atoms with Crippen LogP contribution in [0, 0.1) is 0 Å². The van der Waals surface area contributed by atoms with E-state index in [1.54, 1.807) is 0 Å². The number of rotatable bonds is 5. The van der Waals surface area contributed by atoms with Crippen LogP contribution in [-0.4, -0.2) is 39.4 Å². The molecular weight excluding hydrogens is 304 g/mol. The number of carbonyl (C=O) groups excluding carboxylic acids is 1. The second-order valence-electron chi connectivity index (χ2n) is 6.37. The van der Waals surface area contributed by atoms with Gasteiger partial charge in [-0.1, -0.05) is 25.0 Å². The van der Waals surface area contributed by atoms with Gasteiger partial charge < -0.3 is 20.3 Å². The van der Waals surface area contributed by atoms with Crippen molar-refractivity contribution in [2.75, 3.05) is 6.54 Å². The van der Waals surface area contributed by atoms with Crippen LogP contribution in [0.1, 0.15) is 38.4 Å². The Morgan fingerprint density at radius 1 is 1.33 bits per heavy atom. The van der Waals surface area contributed by atoms with Gasteiger partial charge in [-0.05, 0) is 31.9 Å². The van der Waals surface area contributed by atoms with E-state index in [2.05, 4.69) is 33.2 Å². The fourth-order valence-corrected chi connectivity index (χ4v) is 3.46. The number of aliphatic hydroxyl groups excluding tert-OH is 1. The van der Waals surface area contributed by atoms with Crippen LogP contribution >= 0.6 is 0 Å². The molecule has 0 radical (unpaired) electrons. The van der Waals surface area contributed by atoms with E-state index >= 15 is 0 Å². The number of para-hydroxylation sites is 2. The zero-order chi connectivity index (χ0) is 16.9. The van der Waals surface area contributed by atoms with Crippen LogP contribution in [0.2, 0.25) is 0 Å². The molecule has 6 heteroatoms. The number of imidazole rings is 1. The van der Waals surface area contributed by atoms with Gasteiger partial charge in [0.25, 0.3) is 0 Å². The normalized spacial score (nSPS) is 20.9. The van der Waals surface area contributed by atoms with Crippen molar-refractivity contribution in [3.8, 4) is 0 Å². The van der Waals surface area contributed by atoms with E-state index in [0.29, 0.717) is 13.0 Å². The van der Waals surface area contributed by atoms with E-state index in [1.807, 2.05) is 18.2 Å². The Bertz CT molecular complexity index is 697. The van der Waals surface area contributed by atoms with Crippen LogP contribution in [0.25, 0.3) is 11.0 Å². The molecule has 2 atom stereocenters. The molecule has 0 saturated heterocycles. The first kappa shape index (κ1) is 16.8. The fraction of sp³-hybridized carbons (Fsp3) is 0.556. The number of hydrogen-bond acceptors (Lipinski definition) is 3. The molecule has 2 amide bonds. The number of hydrogen-bond donors (Lipinski definition) is 3. The van der Waals surface area contributed by atoms with E-state index in [4.69, 9.17) is 0 Å². The Labute approximate surface area is 142 Å². The highest BCUT2D eigenvalue weighted by atomic mass is 16.3. The third kappa shape index (κ3) is 3.70. The lowest BCUT2D eigenvalue weighted by molar-refractivity contribution is 0.0943. The summed E-state index contributed by atoms with van der Waals surface area (Å²) in [7, 11) is 0. The van der Waals surface area contributed by atoms with Crippen LogP contribution in [0.5, 0.6) is 0 Å². The highest BCUT2D eigenvalue weighted by Crippen LogP contribution is 2.18. The Kier molecular flexibility index (Phi) is 5.35. The minimum Gasteiger partial charge on any atom is -0.391 e. The van der Waals surface area contributed by atoms with E-state index in [0.717, 1.165) is 49.1 Å². The summed E-state index contributed by atoms with van der Waals surface area (Å²) >= 11 is 0. The molecule has 130 valence electrons. The number of nitrogens with zero attached hydrogens (tertiary/aromatic N) is 2. The number of nitrogens with one attached hydrogen (secondary N) is 2. The van der Waals surface area contributed by atoms with Crippen molar-refractivity contribution in [1.29, 1.82) is 0 Å². The topological polar surface area (TPSA) is 79.2 Å². The standard InChI is InChI=1S/C18H26N4O2/c1-2-22-15-9-5-3-7-13(15)20-17(22)11-12-19-18(24)21-14-8-4-6-10-16(14)23/h3,5,7,9,14,16,23H,2,4,6,8,10-12H2,1H3,(H2,19,21,24). The highest BCUT2D eigenvalue weighted by molar-refractivity contribution is 5.76. The predicted molar refractivity (Wildman–Crippen MR) is 93.9 cm³/mol. The van der Waals surface area contributed by atoms with Crippen LogP contribution in [0.3, 0.4) is 0 Å². The van der Waals surface area contributed by atoms with Crippen molar-refractivity contribution in [2.45, 2.75) is 57.7 Å². The lowest BCUT2D eigenvalue weighted by Gasteiger charge is -2.28. The Hall–Kier alpha value is -2.08. The highest BCUT2D eigenvalue weighted by Gasteiger charge is 2.24. The Morgan fingerprint density at radius 2 is 2.12 bits per heavy atom. The molecule has 3 rings (SSSR count). The molecule has 1 aromatic carbocycles. The van der Waals surface area contributed by atoms with Gasteiger partial charge >= 0.3 is 6.03 Å². The average molecular weight is 330 g/mol. The van der Waals surface area contributed by atoms with E-state index in [1.165, 1.54) is 0 Å². The van der Waals surface area contributed by atoms with Crippen molar-refractivity contribution in [2.24, 2.45) is 0 Å². The summed E-state index contributed by atoms with van der Waals surface area (Å²) in [5.74, 6) is 0.983. The second kappa shape index (κ2) is 7.66. The van der Waals surface area contributed by atoms with E-state index < -0.39 is 6.10 Å². The van der Waals surface area contributed by atoms with Crippen molar-refractivity contribution < 1.29 is 9.90 Å². The summed E-state index contributed by atoms with van der Waals surface area (Å²) in [6.07, 6.45) is 3.97. The number of aryl methyl sites for hydroxylation is 1. The largest absolute Gasteiger partial charge is 0.391 e. The number of aromatic nitrogens is 2. The van der Waals surface area contributed by atoms with Crippen molar-refractivity contribution in [1.82, 2.24) is 20.2 Å². The Morgan fingerprint density at radius 3 is 2.92 bits per heavy atom. The average Bonchev–Trinajstić information content (AvgIpc) is 2.94. The summed E-state index contributed by atoms with van der Waals surface area (Å²) in [5, 5.41) is 15.7. The van der Waals surface area contributed by atoms with Crippen LogP contribution in [0.4, 0.5) is 4.79 Å². The van der Waals surface area contributed by atoms with Crippen molar-refractivity contribution in [3.05, 3.63) is 30.1 Å².